The Kier molecular flexibility index (Phi) is 6.66. The summed E-state index contributed by atoms with van der Waals surface area (Å²) >= 11 is 0. The number of rotatable bonds is 5. The molecule has 7 heteroatoms. The maximum absolute atomic E-state index is 14.5. The molecule has 1 aromatic heterocycles. The lowest BCUT2D eigenvalue weighted by Crippen LogP contribution is -2.01. The van der Waals surface area contributed by atoms with E-state index in [2.05, 4.69) is 21.8 Å². The highest BCUT2D eigenvalue weighted by molar-refractivity contribution is 5.84. The van der Waals surface area contributed by atoms with Gasteiger partial charge in [0.05, 0.1) is 12.2 Å². The van der Waals surface area contributed by atoms with Crippen molar-refractivity contribution in [3.63, 3.8) is 0 Å². The van der Waals surface area contributed by atoms with Crippen molar-refractivity contribution in [1.29, 1.82) is 0 Å². The van der Waals surface area contributed by atoms with E-state index in [1.807, 2.05) is 0 Å². The van der Waals surface area contributed by atoms with Crippen LogP contribution in [0, 0.1) is 35.1 Å². The number of hydrogen-bond acceptors (Lipinski definition) is 3. The number of fused-ring (bicyclic) bond motifs is 1. The molecule has 4 rings (SSSR count). The van der Waals surface area contributed by atoms with Crippen molar-refractivity contribution < 1.29 is 22.3 Å². The fraction of sp³-hybridized carbons (Fsp3) is 0.154. The predicted molar refractivity (Wildman–Crippen MR) is 116 cm³/mol. The van der Waals surface area contributed by atoms with E-state index in [1.165, 1.54) is 18.2 Å². The summed E-state index contributed by atoms with van der Waals surface area (Å²) in [6.07, 6.45) is 4.09. The topological polar surface area (TPSA) is 35.0 Å². The molecule has 0 saturated heterocycles. The highest BCUT2D eigenvalue weighted by Crippen LogP contribution is 2.20. The van der Waals surface area contributed by atoms with Crippen molar-refractivity contribution in [2.24, 2.45) is 0 Å². The monoisotopic (exact) mass is 450 g/mol. The lowest BCUT2D eigenvalue weighted by atomic mass is 10.0. The van der Waals surface area contributed by atoms with Crippen LogP contribution in [0.15, 0.2) is 54.9 Å². The van der Waals surface area contributed by atoms with Gasteiger partial charge in [0.15, 0.2) is 11.6 Å². The molecular formula is C26H18F4N2O. The summed E-state index contributed by atoms with van der Waals surface area (Å²) in [6.45, 7) is 0.411. The van der Waals surface area contributed by atoms with Crippen LogP contribution in [0.2, 0.25) is 0 Å². The van der Waals surface area contributed by atoms with Gasteiger partial charge >= 0.3 is 0 Å². The third kappa shape index (κ3) is 5.36. The first-order chi connectivity index (χ1) is 15.9. The van der Waals surface area contributed by atoms with Crippen LogP contribution < -0.4 is 0 Å². The molecule has 166 valence electrons. The van der Waals surface area contributed by atoms with Gasteiger partial charge in [-0.25, -0.2) is 27.5 Å². The molecule has 4 aromatic rings. The SMILES string of the molecule is COCc1cnc(CCc2cc(F)c(C#Cc3ccc4cc(F)c(F)cc4c3)c(F)c2)nc1. The second kappa shape index (κ2) is 9.80. The minimum atomic E-state index is -0.975. The van der Waals surface area contributed by atoms with Gasteiger partial charge in [0.25, 0.3) is 0 Å². The molecule has 0 spiro atoms. The Hall–Kier alpha value is -3.76. The zero-order valence-electron chi connectivity index (χ0n) is 17.6. The minimum Gasteiger partial charge on any atom is -0.380 e. The Morgan fingerprint density at radius 2 is 1.39 bits per heavy atom. The van der Waals surface area contributed by atoms with E-state index >= 15 is 0 Å². The van der Waals surface area contributed by atoms with Crippen LogP contribution in [0.1, 0.15) is 28.1 Å². The van der Waals surface area contributed by atoms with Gasteiger partial charge in [-0.1, -0.05) is 17.9 Å². The van der Waals surface area contributed by atoms with Crippen LogP contribution in [0.4, 0.5) is 17.6 Å². The lowest BCUT2D eigenvalue weighted by molar-refractivity contribution is 0.184. The lowest BCUT2D eigenvalue weighted by Gasteiger charge is -2.05. The average molecular weight is 450 g/mol. The summed E-state index contributed by atoms with van der Waals surface area (Å²) < 4.78 is 60.9. The van der Waals surface area contributed by atoms with Gasteiger partial charge in [-0.05, 0) is 59.2 Å². The standard InChI is InChI=1S/C26H18F4N2O/c1-33-15-18-13-31-26(32-14-18)7-4-17-9-22(27)21(23(28)10-17)6-3-16-2-5-19-11-24(29)25(30)12-20(19)8-16/h2,5,8-14H,4,7,15H2,1H3. The quantitative estimate of drug-likeness (QED) is 0.297. The zero-order valence-corrected chi connectivity index (χ0v) is 17.6. The molecule has 0 aliphatic carbocycles. The molecule has 0 unspecified atom stereocenters. The maximum Gasteiger partial charge on any atom is 0.159 e. The number of halogens is 4. The molecule has 0 N–H and O–H groups in total. The smallest absolute Gasteiger partial charge is 0.159 e. The third-order valence-electron chi connectivity index (χ3n) is 5.02. The average Bonchev–Trinajstić information content (AvgIpc) is 2.79. The third-order valence-corrected chi connectivity index (χ3v) is 5.02. The number of benzene rings is 3. The molecule has 0 fully saturated rings. The van der Waals surface area contributed by atoms with E-state index < -0.39 is 23.3 Å². The number of aromatic nitrogens is 2. The molecule has 3 nitrogen and oxygen atoms in total. The molecule has 0 saturated carbocycles. The van der Waals surface area contributed by atoms with Gasteiger partial charge in [-0.3, -0.25) is 0 Å². The van der Waals surface area contributed by atoms with E-state index in [4.69, 9.17) is 4.74 Å². The van der Waals surface area contributed by atoms with Gasteiger partial charge in [-0.2, -0.15) is 0 Å². The Morgan fingerprint density at radius 3 is 2.06 bits per heavy atom. The zero-order chi connectivity index (χ0) is 23.4. The molecule has 33 heavy (non-hydrogen) atoms. The van der Waals surface area contributed by atoms with Crippen molar-refractivity contribution in [3.8, 4) is 11.8 Å². The number of hydrogen-bond donors (Lipinski definition) is 0. The summed E-state index contributed by atoms with van der Waals surface area (Å²) in [7, 11) is 1.58. The number of methoxy groups -OCH3 is 1. The first-order valence-corrected chi connectivity index (χ1v) is 10.1. The van der Waals surface area contributed by atoms with Crippen molar-refractivity contribution in [2.45, 2.75) is 19.4 Å². The van der Waals surface area contributed by atoms with Gasteiger partial charge in [0.1, 0.15) is 17.5 Å². The maximum atomic E-state index is 14.5. The van der Waals surface area contributed by atoms with E-state index in [0.717, 1.165) is 17.7 Å². The molecule has 0 bridgehead atoms. The number of ether oxygens (including phenoxy) is 1. The van der Waals surface area contributed by atoms with Crippen LogP contribution >= 0.6 is 0 Å². The van der Waals surface area contributed by atoms with Crippen LogP contribution in [-0.2, 0) is 24.2 Å². The molecule has 0 aliphatic rings. The number of aryl methyl sites for hydroxylation is 2. The molecule has 0 atom stereocenters. The molecular weight excluding hydrogens is 432 g/mol. The normalized spacial score (nSPS) is 10.8. The van der Waals surface area contributed by atoms with Crippen molar-refractivity contribution in [1.82, 2.24) is 9.97 Å². The summed E-state index contributed by atoms with van der Waals surface area (Å²) in [6, 6.07) is 9.30. The summed E-state index contributed by atoms with van der Waals surface area (Å²) in [5.41, 5.74) is 1.36. The fourth-order valence-electron chi connectivity index (χ4n) is 3.35. The Labute approximate surface area is 188 Å². The van der Waals surface area contributed by atoms with Crippen LogP contribution in [0.5, 0.6) is 0 Å². The van der Waals surface area contributed by atoms with Gasteiger partial charge in [0.2, 0.25) is 0 Å². The van der Waals surface area contributed by atoms with E-state index in [0.29, 0.717) is 47.2 Å². The predicted octanol–water partition coefficient (Wildman–Crippen LogP) is 5.52. The number of nitrogens with zero attached hydrogens (tertiary/aromatic N) is 2. The molecule has 1 heterocycles. The highest BCUT2D eigenvalue weighted by Gasteiger charge is 2.10. The molecule has 0 amide bonds. The van der Waals surface area contributed by atoms with E-state index in [-0.39, 0.29) is 5.56 Å². The van der Waals surface area contributed by atoms with Crippen molar-refractivity contribution >= 4 is 10.8 Å². The van der Waals surface area contributed by atoms with Gasteiger partial charge in [0, 0.05) is 37.1 Å². The minimum absolute atomic E-state index is 0.357. The second-order valence-electron chi connectivity index (χ2n) is 7.45. The van der Waals surface area contributed by atoms with Crippen LogP contribution in [-0.4, -0.2) is 17.1 Å². The van der Waals surface area contributed by atoms with Crippen LogP contribution in [0.3, 0.4) is 0 Å². The van der Waals surface area contributed by atoms with Crippen molar-refractivity contribution in [2.75, 3.05) is 7.11 Å². The Bertz CT molecular complexity index is 1350. The van der Waals surface area contributed by atoms with E-state index in [9.17, 15) is 17.6 Å². The van der Waals surface area contributed by atoms with Crippen LogP contribution in [0.25, 0.3) is 10.8 Å². The molecule has 3 aromatic carbocycles. The summed E-state index contributed by atoms with van der Waals surface area (Å²) in [5, 5.41) is 0.938. The molecule has 0 aliphatic heterocycles. The molecule has 0 radical (unpaired) electrons. The Balaban J connectivity index is 1.50. The second-order valence-corrected chi connectivity index (χ2v) is 7.45. The fourth-order valence-corrected chi connectivity index (χ4v) is 3.35. The Morgan fingerprint density at radius 1 is 0.727 bits per heavy atom. The van der Waals surface area contributed by atoms with Gasteiger partial charge < -0.3 is 4.74 Å². The first-order valence-electron chi connectivity index (χ1n) is 10.1. The van der Waals surface area contributed by atoms with Gasteiger partial charge in [-0.15, -0.1) is 0 Å². The summed E-state index contributed by atoms with van der Waals surface area (Å²) in [4.78, 5) is 8.45. The van der Waals surface area contributed by atoms with Crippen molar-refractivity contribution in [3.05, 3.63) is 106 Å². The largest absolute Gasteiger partial charge is 0.380 e. The summed E-state index contributed by atoms with van der Waals surface area (Å²) in [5.74, 6) is 2.28. The highest BCUT2D eigenvalue weighted by atomic mass is 19.2. The first kappa shape index (κ1) is 22.4. The van der Waals surface area contributed by atoms with E-state index in [1.54, 1.807) is 31.6 Å².